The predicted octanol–water partition coefficient (Wildman–Crippen LogP) is 6.25. The van der Waals surface area contributed by atoms with E-state index in [0.717, 1.165) is 61.9 Å². The highest BCUT2D eigenvalue weighted by molar-refractivity contribution is 7.09. The number of hydrogen-bond donors (Lipinski definition) is 0. The summed E-state index contributed by atoms with van der Waals surface area (Å²) in [6, 6.07) is 14.3. The summed E-state index contributed by atoms with van der Waals surface area (Å²) in [5, 5.41) is 2.16. The summed E-state index contributed by atoms with van der Waals surface area (Å²) in [5.74, 6) is 0.709. The molecule has 4 nitrogen and oxygen atoms in total. The number of nitrogens with zero attached hydrogens (tertiary/aromatic N) is 2. The molecule has 0 radical (unpaired) electrons. The molecule has 0 spiro atoms. The van der Waals surface area contributed by atoms with Gasteiger partial charge in [0.2, 0.25) is 6.23 Å². The Morgan fingerprint density at radius 3 is 2.68 bits per heavy atom. The standard InChI is InChI=1S/C26H35N2O2S/c1-2-3-7-16-27(23-10-5-4-6-11-23)26(29)30-25-21-22-14-18-28(25,19-15-22)17-8-12-24-13-9-20-31-24/h2,4-6,9-11,13,20,22,25H,1,3,7-8,12,14-19,21H2/q+1. The quantitative estimate of drug-likeness (QED) is 0.249. The predicted molar refractivity (Wildman–Crippen MR) is 128 cm³/mol. The molecule has 3 aliphatic rings. The number of piperidine rings is 3. The minimum atomic E-state index is -0.191. The van der Waals surface area contributed by atoms with Crippen LogP contribution in [0.4, 0.5) is 10.5 Å². The highest BCUT2D eigenvalue weighted by Crippen LogP contribution is 2.39. The third-order valence-corrected chi connectivity index (χ3v) is 7.97. The number of allylic oxidation sites excluding steroid dienone is 1. The number of benzene rings is 1. The summed E-state index contributed by atoms with van der Waals surface area (Å²) in [6.45, 7) is 7.87. The van der Waals surface area contributed by atoms with Gasteiger partial charge in [0.05, 0.1) is 19.6 Å². The Morgan fingerprint density at radius 1 is 1.16 bits per heavy atom. The number of ether oxygens (including phenoxy) is 1. The first kappa shape index (κ1) is 22.1. The van der Waals surface area contributed by atoms with Gasteiger partial charge in [0.25, 0.3) is 0 Å². The average molecular weight is 440 g/mol. The average Bonchev–Trinajstić information content (AvgIpc) is 3.32. The molecule has 5 heteroatoms. The second-order valence-corrected chi connectivity index (χ2v) is 10.0. The Kier molecular flexibility index (Phi) is 7.46. The molecule has 1 aromatic carbocycles. The number of hydrogen-bond acceptors (Lipinski definition) is 3. The van der Waals surface area contributed by atoms with Crippen molar-refractivity contribution in [3.63, 3.8) is 0 Å². The summed E-state index contributed by atoms with van der Waals surface area (Å²) in [4.78, 5) is 16.6. The fraction of sp³-hybridized carbons (Fsp3) is 0.500. The first-order valence-electron chi connectivity index (χ1n) is 11.7. The van der Waals surface area contributed by atoms with Gasteiger partial charge in [-0.3, -0.25) is 9.38 Å². The van der Waals surface area contributed by atoms with Gasteiger partial charge in [0.1, 0.15) is 0 Å². The molecule has 3 saturated heterocycles. The molecule has 4 heterocycles. The number of unbranched alkanes of at least 4 members (excludes halogenated alkanes) is 1. The normalized spacial score (nSPS) is 24.6. The Hall–Kier alpha value is -2.11. The maximum absolute atomic E-state index is 13.4. The van der Waals surface area contributed by atoms with Crippen molar-refractivity contribution in [2.45, 2.75) is 51.2 Å². The second kappa shape index (κ2) is 10.5. The number of carbonyl (C=O) groups excluding carboxylic acids is 1. The largest absolute Gasteiger partial charge is 0.418 e. The number of amides is 1. The maximum atomic E-state index is 13.4. The molecule has 3 fully saturated rings. The van der Waals surface area contributed by atoms with Gasteiger partial charge in [0, 0.05) is 42.8 Å². The van der Waals surface area contributed by atoms with E-state index >= 15 is 0 Å². The molecule has 1 amide bonds. The molecule has 0 saturated carbocycles. The summed E-state index contributed by atoms with van der Waals surface area (Å²) < 4.78 is 7.26. The molecule has 5 rings (SSSR count). The third kappa shape index (κ3) is 5.39. The van der Waals surface area contributed by atoms with Crippen molar-refractivity contribution in [1.82, 2.24) is 0 Å². The zero-order chi connectivity index (χ0) is 21.5. The lowest BCUT2D eigenvalue weighted by Gasteiger charge is -2.53. The fourth-order valence-electron chi connectivity index (χ4n) is 5.23. The highest BCUT2D eigenvalue weighted by atomic mass is 32.1. The third-order valence-electron chi connectivity index (χ3n) is 7.03. The first-order chi connectivity index (χ1) is 15.2. The summed E-state index contributed by atoms with van der Waals surface area (Å²) in [7, 11) is 0. The smallest absolute Gasteiger partial charge is 0.396 e. The molecule has 0 aliphatic carbocycles. The number of quaternary nitrogens is 1. The SMILES string of the molecule is C=CCCCN(C(=O)OC1CC2CC[N+]1(CCCc1cccs1)CC2)c1ccccc1. The second-order valence-electron chi connectivity index (χ2n) is 9.01. The highest BCUT2D eigenvalue weighted by Gasteiger charge is 2.49. The lowest BCUT2D eigenvalue weighted by Crippen LogP contribution is -2.66. The zero-order valence-electron chi connectivity index (χ0n) is 18.5. The molecule has 0 N–H and O–H groups in total. The van der Waals surface area contributed by atoms with Crippen molar-refractivity contribution in [3.8, 4) is 0 Å². The molecular weight excluding hydrogens is 404 g/mol. The summed E-state index contributed by atoms with van der Waals surface area (Å²) >= 11 is 1.84. The van der Waals surface area contributed by atoms with Crippen LogP contribution < -0.4 is 4.90 Å². The minimum Gasteiger partial charge on any atom is -0.396 e. The van der Waals surface area contributed by atoms with Crippen molar-refractivity contribution in [3.05, 3.63) is 65.4 Å². The molecule has 31 heavy (non-hydrogen) atoms. The molecule has 3 aliphatic heterocycles. The fourth-order valence-corrected chi connectivity index (χ4v) is 5.98. The van der Waals surface area contributed by atoms with Gasteiger partial charge in [0.15, 0.2) is 0 Å². The van der Waals surface area contributed by atoms with E-state index in [-0.39, 0.29) is 12.3 Å². The number of fused-ring (bicyclic) bond motifs is 3. The zero-order valence-corrected chi connectivity index (χ0v) is 19.3. The topological polar surface area (TPSA) is 29.5 Å². The van der Waals surface area contributed by atoms with E-state index in [2.05, 4.69) is 24.1 Å². The van der Waals surface area contributed by atoms with Gasteiger partial charge >= 0.3 is 6.09 Å². The van der Waals surface area contributed by atoms with Crippen molar-refractivity contribution >= 4 is 23.1 Å². The van der Waals surface area contributed by atoms with Crippen LogP contribution in [0.5, 0.6) is 0 Å². The minimum absolute atomic E-state index is 0.00560. The Labute approximate surface area is 190 Å². The van der Waals surface area contributed by atoms with Gasteiger partial charge in [-0.05, 0) is 48.8 Å². The van der Waals surface area contributed by atoms with Gasteiger partial charge in [-0.2, -0.15) is 0 Å². The number of para-hydroxylation sites is 1. The molecule has 2 aromatic rings. The lowest BCUT2D eigenvalue weighted by atomic mass is 9.84. The molecule has 2 bridgehead atoms. The molecular formula is C26H35N2O2S+. The Balaban J connectivity index is 1.44. The van der Waals surface area contributed by atoms with Crippen LogP contribution in [0.25, 0.3) is 0 Å². The van der Waals surface area contributed by atoms with E-state index < -0.39 is 0 Å². The van der Waals surface area contributed by atoms with Crippen LogP contribution in [-0.4, -0.2) is 43.0 Å². The van der Waals surface area contributed by atoms with Crippen molar-refractivity contribution < 1.29 is 14.0 Å². The molecule has 1 aromatic heterocycles. The van der Waals surface area contributed by atoms with Crippen LogP contribution in [0.2, 0.25) is 0 Å². The molecule has 166 valence electrons. The van der Waals surface area contributed by atoms with Crippen LogP contribution in [0, 0.1) is 5.92 Å². The van der Waals surface area contributed by atoms with E-state index in [4.69, 9.17) is 4.74 Å². The number of thiophene rings is 1. The number of anilines is 1. The monoisotopic (exact) mass is 439 g/mol. The van der Waals surface area contributed by atoms with Crippen molar-refractivity contribution in [2.75, 3.05) is 31.1 Å². The van der Waals surface area contributed by atoms with E-state index in [1.54, 1.807) is 0 Å². The Bertz CT molecular complexity index is 828. The van der Waals surface area contributed by atoms with E-state index in [0.29, 0.717) is 12.5 Å². The van der Waals surface area contributed by atoms with Gasteiger partial charge < -0.3 is 4.74 Å². The number of rotatable bonds is 10. The van der Waals surface area contributed by atoms with Crippen LogP contribution in [0.3, 0.4) is 0 Å². The van der Waals surface area contributed by atoms with Gasteiger partial charge in [-0.1, -0.05) is 30.3 Å². The summed E-state index contributed by atoms with van der Waals surface area (Å²) in [6.07, 6.45) is 9.34. The molecule has 1 atom stereocenters. The van der Waals surface area contributed by atoms with Crippen molar-refractivity contribution in [1.29, 1.82) is 0 Å². The summed E-state index contributed by atoms with van der Waals surface area (Å²) in [5.41, 5.74) is 0.914. The van der Waals surface area contributed by atoms with Crippen LogP contribution >= 0.6 is 11.3 Å². The van der Waals surface area contributed by atoms with E-state index in [1.807, 2.05) is 52.6 Å². The first-order valence-corrected chi connectivity index (χ1v) is 12.6. The number of aryl methyl sites for hydroxylation is 1. The van der Waals surface area contributed by atoms with Crippen molar-refractivity contribution in [2.24, 2.45) is 5.92 Å². The van der Waals surface area contributed by atoms with Crippen LogP contribution in [0.1, 0.15) is 43.4 Å². The lowest BCUT2D eigenvalue weighted by molar-refractivity contribution is -0.984. The maximum Gasteiger partial charge on any atom is 0.418 e. The van der Waals surface area contributed by atoms with Crippen LogP contribution in [0.15, 0.2) is 60.5 Å². The van der Waals surface area contributed by atoms with Gasteiger partial charge in [-0.25, -0.2) is 4.79 Å². The Morgan fingerprint density at radius 2 is 1.97 bits per heavy atom. The van der Waals surface area contributed by atoms with E-state index in [1.165, 1.54) is 17.7 Å². The van der Waals surface area contributed by atoms with E-state index in [9.17, 15) is 4.79 Å². The van der Waals surface area contributed by atoms with Crippen LogP contribution in [-0.2, 0) is 11.2 Å². The molecule has 1 unspecified atom stereocenters. The number of carbonyl (C=O) groups is 1. The van der Waals surface area contributed by atoms with Gasteiger partial charge in [-0.15, -0.1) is 17.9 Å².